The summed E-state index contributed by atoms with van der Waals surface area (Å²) in [6.45, 7) is 4.89. The first-order valence-corrected chi connectivity index (χ1v) is 13.2. The number of aromatic nitrogens is 5. The number of rotatable bonds is 6. The van der Waals surface area contributed by atoms with Crippen molar-refractivity contribution in [1.29, 1.82) is 0 Å². The number of nitrogens with one attached hydrogen (secondary N) is 1. The molecule has 5 aromatic rings. The van der Waals surface area contributed by atoms with Crippen molar-refractivity contribution < 1.29 is 31.8 Å². The molecule has 10 nitrogen and oxygen atoms in total. The summed E-state index contributed by atoms with van der Waals surface area (Å²) in [7, 11) is 0. The maximum Gasteiger partial charge on any atom is 0.419 e. The number of H-pyrrole nitrogens is 1. The summed E-state index contributed by atoms with van der Waals surface area (Å²) in [5, 5.41) is 7.00. The van der Waals surface area contributed by atoms with Crippen LogP contribution in [0.1, 0.15) is 5.56 Å². The van der Waals surface area contributed by atoms with E-state index < -0.39 is 29.3 Å². The van der Waals surface area contributed by atoms with Gasteiger partial charge in [-0.25, -0.2) is 9.37 Å². The van der Waals surface area contributed by atoms with Crippen molar-refractivity contribution in [3.63, 3.8) is 0 Å². The van der Waals surface area contributed by atoms with Crippen molar-refractivity contribution in [2.24, 2.45) is 0 Å². The van der Waals surface area contributed by atoms with Crippen LogP contribution in [-0.2, 0) is 11.0 Å². The molecule has 3 aromatic heterocycles. The first kappa shape index (κ1) is 28.2. The quantitative estimate of drug-likeness (QED) is 0.180. The highest BCUT2D eigenvalue weighted by atomic mass is 35.5. The monoisotopic (exact) mass is 613 g/mol. The van der Waals surface area contributed by atoms with E-state index in [0.717, 1.165) is 18.2 Å². The van der Waals surface area contributed by atoms with Crippen LogP contribution >= 0.6 is 11.6 Å². The van der Waals surface area contributed by atoms with E-state index in [1.807, 2.05) is 4.90 Å². The van der Waals surface area contributed by atoms with Crippen molar-refractivity contribution in [3.05, 3.63) is 77.9 Å². The Bertz CT molecular complexity index is 1870. The van der Waals surface area contributed by atoms with Crippen molar-refractivity contribution in [2.45, 2.75) is 6.18 Å². The Morgan fingerprint density at radius 1 is 1.07 bits per heavy atom. The molecule has 4 heterocycles. The van der Waals surface area contributed by atoms with Gasteiger partial charge in [-0.15, -0.1) is 0 Å². The summed E-state index contributed by atoms with van der Waals surface area (Å²) in [4.78, 5) is 28.7. The zero-order chi connectivity index (χ0) is 30.3. The standard InChI is InChI=1S/C28H20ClF4N7O3/c1-2-21(41)39-9-11-40(12-10-39)25-15-7-8-34-26(43-24-16-14-35-38-19(16)13-18(30)22(24)29)23(15)36-27(37-25)42-20-6-4-3-5-17(20)28(31,32)33/h2-8,13-14H,1,9-12H2,(H,35,38). The molecule has 1 fully saturated rings. The number of aromatic amines is 1. The lowest BCUT2D eigenvalue weighted by Crippen LogP contribution is -2.48. The minimum atomic E-state index is -4.70. The van der Waals surface area contributed by atoms with Crippen LogP contribution in [0.15, 0.2) is 61.4 Å². The van der Waals surface area contributed by atoms with Gasteiger partial charge in [-0.1, -0.05) is 30.3 Å². The van der Waals surface area contributed by atoms with Crippen LogP contribution < -0.4 is 14.4 Å². The number of carbonyl (C=O) groups is 1. The molecule has 1 amide bonds. The minimum Gasteiger partial charge on any atom is -0.434 e. The van der Waals surface area contributed by atoms with E-state index >= 15 is 0 Å². The number of benzene rings is 2. The highest BCUT2D eigenvalue weighted by Gasteiger charge is 2.35. The smallest absolute Gasteiger partial charge is 0.419 e. The third kappa shape index (κ3) is 5.36. The fraction of sp³-hybridized carbons (Fsp3) is 0.179. The predicted octanol–water partition coefficient (Wildman–Crippen LogP) is 6.13. The molecular weight excluding hydrogens is 594 g/mol. The second-order valence-corrected chi connectivity index (χ2v) is 9.77. The molecule has 1 saturated heterocycles. The lowest BCUT2D eigenvalue weighted by Gasteiger charge is -2.35. The average Bonchev–Trinajstić information content (AvgIpc) is 3.47. The molecule has 1 aliphatic rings. The molecule has 0 aliphatic carbocycles. The summed E-state index contributed by atoms with van der Waals surface area (Å²) >= 11 is 6.25. The highest BCUT2D eigenvalue weighted by molar-refractivity contribution is 6.33. The number of pyridine rings is 1. The van der Waals surface area contributed by atoms with Gasteiger partial charge >= 0.3 is 12.2 Å². The molecule has 0 radical (unpaired) electrons. The van der Waals surface area contributed by atoms with Crippen molar-refractivity contribution >= 4 is 45.1 Å². The highest BCUT2D eigenvalue weighted by Crippen LogP contribution is 2.42. The third-order valence-corrected chi connectivity index (χ3v) is 7.14. The molecule has 43 heavy (non-hydrogen) atoms. The SMILES string of the molecule is C=CC(=O)N1CCN(c2nc(Oc3ccccc3C(F)(F)F)nc3c(Oc4c(Cl)c(F)cc5[nH]ncc45)nccc23)CC1. The lowest BCUT2D eigenvalue weighted by atomic mass is 10.2. The number of anilines is 1. The number of alkyl halides is 3. The number of hydrogen-bond donors (Lipinski definition) is 1. The minimum absolute atomic E-state index is 0.0635. The van der Waals surface area contributed by atoms with Gasteiger partial charge in [-0.2, -0.15) is 28.2 Å². The number of para-hydroxylation sites is 1. The van der Waals surface area contributed by atoms with E-state index in [4.69, 9.17) is 21.1 Å². The summed E-state index contributed by atoms with van der Waals surface area (Å²) in [5.74, 6) is -1.43. The maximum absolute atomic E-state index is 14.6. The van der Waals surface area contributed by atoms with E-state index in [1.54, 1.807) is 11.0 Å². The lowest BCUT2D eigenvalue weighted by molar-refractivity contribution is -0.138. The molecule has 0 spiro atoms. The topological polar surface area (TPSA) is 109 Å². The number of carbonyl (C=O) groups excluding carboxylic acids is 1. The molecule has 2 aromatic carbocycles. The van der Waals surface area contributed by atoms with Gasteiger partial charge in [0.2, 0.25) is 11.8 Å². The van der Waals surface area contributed by atoms with Gasteiger partial charge in [0.15, 0.2) is 5.75 Å². The van der Waals surface area contributed by atoms with Crippen LogP contribution in [0.25, 0.3) is 21.8 Å². The molecule has 1 aliphatic heterocycles. The fourth-order valence-electron chi connectivity index (χ4n) is 4.71. The summed E-state index contributed by atoms with van der Waals surface area (Å²) in [6.07, 6.45) is -0.663. The van der Waals surface area contributed by atoms with Crippen molar-refractivity contribution in [1.82, 2.24) is 30.0 Å². The van der Waals surface area contributed by atoms with Crippen molar-refractivity contribution in [2.75, 3.05) is 31.1 Å². The van der Waals surface area contributed by atoms with Crippen LogP contribution in [0.4, 0.5) is 23.4 Å². The van der Waals surface area contributed by atoms with Crippen LogP contribution in [-0.4, -0.2) is 62.1 Å². The number of piperazine rings is 1. The van der Waals surface area contributed by atoms with Crippen LogP contribution in [0.5, 0.6) is 23.4 Å². The van der Waals surface area contributed by atoms with Gasteiger partial charge in [0.25, 0.3) is 0 Å². The van der Waals surface area contributed by atoms with Gasteiger partial charge in [-0.05, 0) is 24.3 Å². The van der Waals surface area contributed by atoms with Crippen LogP contribution in [0, 0.1) is 5.82 Å². The Balaban J connectivity index is 1.48. The van der Waals surface area contributed by atoms with Gasteiger partial charge < -0.3 is 19.3 Å². The van der Waals surface area contributed by atoms with E-state index in [-0.39, 0.29) is 28.1 Å². The third-order valence-electron chi connectivity index (χ3n) is 6.79. The maximum atomic E-state index is 14.6. The first-order valence-electron chi connectivity index (χ1n) is 12.8. The fourth-order valence-corrected chi connectivity index (χ4v) is 4.91. The summed E-state index contributed by atoms with van der Waals surface area (Å²) < 4.78 is 67.4. The second kappa shape index (κ2) is 11.0. The Kier molecular flexibility index (Phi) is 7.22. The Hall–Kier alpha value is -4.98. The largest absolute Gasteiger partial charge is 0.434 e. The van der Waals surface area contributed by atoms with Crippen molar-refractivity contribution in [3.8, 4) is 23.4 Å². The predicted molar refractivity (Wildman–Crippen MR) is 149 cm³/mol. The molecule has 0 bridgehead atoms. The van der Waals surface area contributed by atoms with Gasteiger partial charge in [0.05, 0.1) is 28.0 Å². The molecule has 0 unspecified atom stereocenters. The Labute approximate surface area is 245 Å². The number of ether oxygens (including phenoxy) is 2. The molecule has 1 N–H and O–H groups in total. The molecule has 0 saturated carbocycles. The van der Waals surface area contributed by atoms with Gasteiger partial charge in [0.1, 0.15) is 27.9 Å². The summed E-state index contributed by atoms with van der Waals surface area (Å²) in [5.41, 5.74) is -0.644. The molecule has 6 rings (SSSR count). The summed E-state index contributed by atoms with van der Waals surface area (Å²) in [6, 6.07) is 7.01. The molecule has 15 heteroatoms. The first-order chi connectivity index (χ1) is 20.6. The number of fused-ring (bicyclic) bond motifs is 2. The molecular formula is C28H20ClF4N7O3. The Morgan fingerprint density at radius 2 is 1.84 bits per heavy atom. The number of amides is 1. The van der Waals surface area contributed by atoms with E-state index in [1.165, 1.54) is 30.6 Å². The normalized spacial score (nSPS) is 13.9. The van der Waals surface area contributed by atoms with Gasteiger partial charge in [0, 0.05) is 38.4 Å². The van der Waals surface area contributed by atoms with E-state index in [0.29, 0.717) is 48.3 Å². The van der Waals surface area contributed by atoms with E-state index in [9.17, 15) is 22.4 Å². The zero-order valence-electron chi connectivity index (χ0n) is 22.0. The number of nitrogens with zero attached hydrogens (tertiary/aromatic N) is 6. The number of hydrogen-bond acceptors (Lipinski definition) is 8. The van der Waals surface area contributed by atoms with E-state index in [2.05, 4.69) is 31.7 Å². The average molecular weight is 614 g/mol. The zero-order valence-corrected chi connectivity index (χ0v) is 22.8. The van der Waals surface area contributed by atoms with Crippen LogP contribution in [0.3, 0.4) is 0 Å². The van der Waals surface area contributed by atoms with Crippen LogP contribution in [0.2, 0.25) is 5.02 Å². The second-order valence-electron chi connectivity index (χ2n) is 9.39. The molecule has 0 atom stereocenters. The Morgan fingerprint density at radius 3 is 2.58 bits per heavy atom. The molecule has 220 valence electrons. The van der Waals surface area contributed by atoms with Gasteiger partial charge in [-0.3, -0.25) is 9.89 Å². The number of halogens is 5.